The minimum Gasteiger partial charge on any atom is -0.481 e. The van der Waals surface area contributed by atoms with Gasteiger partial charge in [0.15, 0.2) is 0 Å². The Balaban J connectivity index is 1.90. The molecule has 10 nitrogen and oxygen atoms in total. The summed E-state index contributed by atoms with van der Waals surface area (Å²) in [5, 5.41) is 23.3. The van der Waals surface area contributed by atoms with Crippen molar-refractivity contribution in [3.05, 3.63) is 61.2 Å². The molecule has 2 aliphatic heterocycles. The first-order valence-corrected chi connectivity index (χ1v) is 14.8. The molecule has 2 aliphatic rings. The van der Waals surface area contributed by atoms with Crippen LogP contribution in [0.5, 0.6) is 0 Å². The third-order valence-electron chi connectivity index (χ3n) is 8.74. The molecule has 1 fully saturated rings. The highest BCUT2D eigenvalue weighted by atomic mass is 16.4. The number of carboxylic acids is 2. The number of aliphatic carboxylic acids is 2. The topological polar surface area (TPSA) is 165 Å². The molecular formula is C33H40N4O6. The molecule has 2 amide bonds. The van der Waals surface area contributed by atoms with E-state index in [9.17, 15) is 29.4 Å². The van der Waals surface area contributed by atoms with Crippen molar-refractivity contribution in [3.63, 3.8) is 0 Å². The summed E-state index contributed by atoms with van der Waals surface area (Å²) in [6.45, 7) is 11.6. The molecular weight excluding hydrogens is 548 g/mol. The third-order valence-corrected chi connectivity index (χ3v) is 8.74. The fourth-order valence-electron chi connectivity index (χ4n) is 6.09. The quantitative estimate of drug-likeness (QED) is 0.270. The molecule has 0 aliphatic carbocycles. The Bertz CT molecular complexity index is 1720. The predicted octanol–water partition coefficient (Wildman–Crippen LogP) is 3.44. The summed E-state index contributed by atoms with van der Waals surface area (Å²) in [6.07, 6.45) is 7.48. The van der Waals surface area contributed by atoms with Gasteiger partial charge in [-0.15, -0.1) is 0 Å². The molecule has 10 heteroatoms. The van der Waals surface area contributed by atoms with Crippen molar-refractivity contribution < 1.29 is 29.4 Å². The number of H-pyrrole nitrogens is 2. The molecule has 0 spiro atoms. The standard InChI is InChI=1S/C33H40N4O6/c1-7-20-19(6)32(42)37-27(20)14-25-18(5)23(10-12-31(40)41)29(35-25)15-28-22(9-11-30(38)39)17(4)24(34-28)13-26-16(3)21(8-2)33(43)36-26/h13-15,19-20,34-35H,7-12H2,1-6H3,(H,37,42)(H,38,39)(H,40,41)/b24-13+,27-14-,28-15-/t19-,20-/m1/s1. The monoisotopic (exact) mass is 588 g/mol. The number of carbonyl (C=O) groups is 4. The lowest BCUT2D eigenvalue weighted by Crippen LogP contribution is -2.16. The summed E-state index contributed by atoms with van der Waals surface area (Å²) in [4.78, 5) is 58.8. The van der Waals surface area contributed by atoms with E-state index in [-0.39, 0.29) is 42.9 Å². The average Bonchev–Trinajstić information content (AvgIpc) is 3.59. The lowest BCUT2D eigenvalue weighted by Gasteiger charge is -2.11. The maximum absolute atomic E-state index is 12.4. The highest BCUT2D eigenvalue weighted by molar-refractivity contribution is 6.30. The second-order valence-corrected chi connectivity index (χ2v) is 11.3. The van der Waals surface area contributed by atoms with Gasteiger partial charge in [-0.2, -0.15) is 0 Å². The number of allylic oxidation sites excluding steroid dienone is 2. The number of hydrogen-bond donors (Lipinski definition) is 5. The Morgan fingerprint density at radius 1 is 0.860 bits per heavy atom. The number of nitrogens with zero attached hydrogens (tertiary/aromatic N) is 1. The van der Waals surface area contributed by atoms with Crippen molar-refractivity contribution in [2.45, 2.75) is 80.1 Å². The van der Waals surface area contributed by atoms with E-state index < -0.39 is 11.9 Å². The first-order valence-electron chi connectivity index (χ1n) is 14.8. The minimum absolute atomic E-state index is 0.0152. The van der Waals surface area contributed by atoms with Crippen LogP contribution in [0.15, 0.2) is 21.8 Å². The van der Waals surface area contributed by atoms with E-state index in [0.29, 0.717) is 35.2 Å². The van der Waals surface area contributed by atoms with Crippen molar-refractivity contribution in [2.75, 3.05) is 0 Å². The van der Waals surface area contributed by atoms with Crippen molar-refractivity contribution >= 4 is 47.7 Å². The van der Waals surface area contributed by atoms with Gasteiger partial charge in [-0.05, 0) is 92.5 Å². The number of hydrogen-bond acceptors (Lipinski definition) is 4. The molecule has 1 saturated heterocycles. The van der Waals surface area contributed by atoms with Crippen LogP contribution in [0, 0.1) is 25.7 Å². The largest absolute Gasteiger partial charge is 0.481 e. The van der Waals surface area contributed by atoms with Crippen LogP contribution in [-0.4, -0.2) is 49.6 Å². The Morgan fingerprint density at radius 2 is 1.51 bits per heavy atom. The molecule has 2 aromatic heterocycles. The Labute approximate surface area is 250 Å². The van der Waals surface area contributed by atoms with Gasteiger partial charge in [-0.3, -0.25) is 19.2 Å². The summed E-state index contributed by atoms with van der Waals surface area (Å²) in [5.41, 5.74) is 7.79. The van der Waals surface area contributed by atoms with Crippen LogP contribution < -0.4 is 16.0 Å². The van der Waals surface area contributed by atoms with E-state index in [4.69, 9.17) is 0 Å². The zero-order valence-electron chi connectivity index (χ0n) is 25.6. The van der Waals surface area contributed by atoms with Crippen LogP contribution in [0.4, 0.5) is 0 Å². The molecule has 4 rings (SSSR count). The Morgan fingerprint density at radius 3 is 2.09 bits per heavy atom. The molecule has 228 valence electrons. The number of aromatic amines is 2. The highest BCUT2D eigenvalue weighted by Gasteiger charge is 2.34. The summed E-state index contributed by atoms with van der Waals surface area (Å²) in [5.74, 6) is -2.15. The highest BCUT2D eigenvalue weighted by Crippen LogP contribution is 2.32. The molecule has 5 N–H and O–H groups in total. The fourth-order valence-corrected chi connectivity index (χ4v) is 6.09. The number of carbonyl (C=O) groups excluding carboxylic acids is 2. The van der Waals surface area contributed by atoms with Crippen molar-refractivity contribution in [3.8, 4) is 0 Å². The number of aliphatic imine (C=N–C) groups is 1. The molecule has 2 atom stereocenters. The Hall–Kier alpha value is -4.47. The fraction of sp³-hybridized carbons (Fsp3) is 0.424. The van der Waals surface area contributed by atoms with Gasteiger partial charge in [-0.1, -0.05) is 20.8 Å². The zero-order chi connectivity index (χ0) is 31.6. The van der Waals surface area contributed by atoms with Crippen LogP contribution in [0.1, 0.15) is 87.0 Å². The molecule has 0 aromatic carbocycles. The maximum atomic E-state index is 12.4. The molecule has 0 bridgehead atoms. The van der Waals surface area contributed by atoms with Crippen molar-refractivity contribution in [1.82, 2.24) is 15.3 Å². The summed E-state index contributed by atoms with van der Waals surface area (Å²) in [7, 11) is 0. The summed E-state index contributed by atoms with van der Waals surface area (Å²) in [6, 6.07) is 0. The van der Waals surface area contributed by atoms with E-state index in [1.165, 1.54) is 0 Å². The zero-order valence-corrected chi connectivity index (χ0v) is 25.6. The van der Waals surface area contributed by atoms with E-state index >= 15 is 0 Å². The molecule has 0 radical (unpaired) electrons. The van der Waals surface area contributed by atoms with Crippen LogP contribution >= 0.6 is 0 Å². The lowest BCUT2D eigenvalue weighted by molar-refractivity contribution is -0.138. The predicted molar refractivity (Wildman–Crippen MR) is 165 cm³/mol. The van der Waals surface area contributed by atoms with E-state index in [2.05, 4.69) is 20.3 Å². The average molecular weight is 589 g/mol. The van der Waals surface area contributed by atoms with Gasteiger partial charge < -0.3 is 25.5 Å². The van der Waals surface area contributed by atoms with Crippen LogP contribution in [0.25, 0.3) is 18.2 Å². The van der Waals surface area contributed by atoms with Gasteiger partial charge in [0.2, 0.25) is 5.91 Å². The first-order chi connectivity index (χ1) is 20.4. The molecule has 4 heterocycles. The van der Waals surface area contributed by atoms with Gasteiger partial charge in [0, 0.05) is 58.0 Å². The van der Waals surface area contributed by atoms with Gasteiger partial charge in [-0.25, -0.2) is 4.99 Å². The van der Waals surface area contributed by atoms with Crippen LogP contribution in [-0.2, 0) is 32.0 Å². The second kappa shape index (κ2) is 12.8. The minimum atomic E-state index is -0.917. The van der Waals surface area contributed by atoms with Gasteiger partial charge in [0.25, 0.3) is 5.91 Å². The molecule has 43 heavy (non-hydrogen) atoms. The maximum Gasteiger partial charge on any atom is 0.303 e. The third kappa shape index (κ3) is 6.48. The summed E-state index contributed by atoms with van der Waals surface area (Å²) < 4.78 is 0. The van der Waals surface area contributed by atoms with E-state index in [1.807, 2.05) is 59.8 Å². The summed E-state index contributed by atoms with van der Waals surface area (Å²) >= 11 is 0. The normalized spacial score (nSPS) is 20.5. The molecule has 2 aromatic rings. The number of nitrogens with one attached hydrogen (secondary N) is 3. The second-order valence-electron chi connectivity index (χ2n) is 11.3. The van der Waals surface area contributed by atoms with Gasteiger partial charge >= 0.3 is 11.9 Å². The SMILES string of the molecule is CCC1=C(C)C(/C=c2/[nH]/c(=C\c3[nH]c(/C=C4\NC(=O)[C@H](C)[C@H]4CC)c(C)c3CCC(=O)O)c(CCC(=O)O)c2C)=NC1=O. The smallest absolute Gasteiger partial charge is 0.303 e. The van der Waals surface area contributed by atoms with Crippen molar-refractivity contribution in [2.24, 2.45) is 16.8 Å². The number of aromatic nitrogens is 2. The van der Waals surface area contributed by atoms with Gasteiger partial charge in [0.1, 0.15) is 0 Å². The van der Waals surface area contributed by atoms with Crippen LogP contribution in [0.3, 0.4) is 0 Å². The molecule has 0 unspecified atom stereocenters. The first kappa shape index (κ1) is 31.5. The van der Waals surface area contributed by atoms with Crippen molar-refractivity contribution in [1.29, 1.82) is 0 Å². The Kier molecular flexibility index (Phi) is 9.37. The van der Waals surface area contributed by atoms with Crippen LogP contribution in [0.2, 0.25) is 0 Å². The number of rotatable bonds is 11. The molecule has 0 saturated carbocycles. The van der Waals surface area contributed by atoms with E-state index in [0.717, 1.165) is 51.0 Å². The van der Waals surface area contributed by atoms with Gasteiger partial charge in [0.05, 0.1) is 5.71 Å². The lowest BCUT2D eigenvalue weighted by atomic mass is 9.92. The number of amides is 2. The van der Waals surface area contributed by atoms with E-state index in [1.54, 1.807) is 0 Å². The number of carboxylic acid groups (broad SMARTS) is 2.